The molecule has 11 nitrogen and oxygen atoms in total. The number of nitrogens with zero attached hydrogens (tertiary/aromatic N) is 3. The molecule has 0 radical (unpaired) electrons. The quantitative estimate of drug-likeness (QED) is 0.117. The number of imidazole rings is 1. The Morgan fingerprint density at radius 1 is 1.16 bits per heavy atom. The normalized spacial score (nSPS) is 15.3. The van der Waals surface area contributed by atoms with Gasteiger partial charge >= 0.3 is 29.6 Å². The fourth-order valence-electron chi connectivity index (χ4n) is 3.59. The summed E-state index contributed by atoms with van der Waals surface area (Å²) in [5, 5.41) is 19.9. The molecule has 1 aromatic heterocycles. The summed E-state index contributed by atoms with van der Waals surface area (Å²) in [4.78, 5) is 6.53. The van der Waals surface area contributed by atoms with E-state index >= 15 is 0 Å². The molecule has 194 valence electrons. The number of rotatable bonds is 9. The van der Waals surface area contributed by atoms with Crippen LogP contribution in [0.15, 0.2) is 55.2 Å². The predicted molar refractivity (Wildman–Crippen MR) is 131 cm³/mol. The van der Waals surface area contributed by atoms with Crippen molar-refractivity contribution in [2.24, 2.45) is 0 Å². The molecule has 2 aromatic carbocycles. The summed E-state index contributed by atoms with van der Waals surface area (Å²) in [6.07, 6.45) is 5.50. The molecule has 1 aliphatic rings. The molecule has 3 aromatic rings. The second kappa shape index (κ2) is 12.9. The predicted octanol–water partition coefficient (Wildman–Crippen LogP) is -0.341. The monoisotopic (exact) mass is 561 g/mol. The van der Waals surface area contributed by atoms with E-state index in [0.29, 0.717) is 22.6 Å². The fourth-order valence-corrected chi connectivity index (χ4v) is 3.78. The van der Waals surface area contributed by atoms with E-state index in [9.17, 15) is 23.2 Å². The Balaban J connectivity index is 0.00000241. The first-order valence-corrected chi connectivity index (χ1v) is 11.9. The molecule has 2 heterocycles. The van der Waals surface area contributed by atoms with Gasteiger partial charge in [-0.3, -0.25) is 0 Å². The van der Waals surface area contributed by atoms with Gasteiger partial charge < -0.3 is 37.9 Å². The summed E-state index contributed by atoms with van der Waals surface area (Å²) in [7, 11) is -0.887. The number of phenols is 2. The smallest absolute Gasteiger partial charge is 0.716 e. The standard InChI is InChI=1S/C23H25N3O8S.ClH.Na/c1-25(2)9-7-17-13-26(14-24-17)22(16-4-5-18(27)19(28)12-16)23-33-20-6-3-15(11-21(20)34-23)8-10-32-35(29,30)31;;/h3-6,8,10-14,22-23,27-28H,7,9H2,1-2H3,(H,29,30,31);1H;/q;;+1/p-1/b10-8-;;. The summed E-state index contributed by atoms with van der Waals surface area (Å²) in [6.45, 7) is 0.817. The van der Waals surface area contributed by atoms with Crippen molar-refractivity contribution < 1.29 is 66.4 Å². The maximum absolute atomic E-state index is 10.6. The molecular weight excluding hydrogens is 537 g/mol. The fraction of sp³-hybridized carbons (Fsp3) is 0.261. The zero-order valence-electron chi connectivity index (χ0n) is 20.3. The topological polar surface area (TPSA) is 146 Å². The molecule has 0 amide bonds. The van der Waals surface area contributed by atoms with Crippen LogP contribution in [0.5, 0.6) is 23.0 Å². The van der Waals surface area contributed by atoms with Crippen LogP contribution in [0.2, 0.25) is 0 Å². The number of hydrogen-bond donors (Lipinski definition) is 2. The van der Waals surface area contributed by atoms with Crippen molar-refractivity contribution in [3.05, 3.63) is 72.0 Å². The largest absolute Gasteiger partial charge is 1.00 e. The first-order chi connectivity index (χ1) is 16.6. The van der Waals surface area contributed by atoms with E-state index in [-0.39, 0.29) is 53.5 Å². The molecule has 0 fully saturated rings. The zero-order chi connectivity index (χ0) is 25.2. The SMILES string of the molecule is CN(C)CCc1cn(C(c2ccc(O)c(O)c2)C2Oc3ccc(/C=C\OS(=O)(=O)[O-])cc3O2)cn1.Cl.[Na+]. The number of benzene rings is 2. The number of phenolic OH excluding ortho intramolecular Hbond substituents is 2. The van der Waals surface area contributed by atoms with Crippen molar-refractivity contribution >= 4 is 28.9 Å². The van der Waals surface area contributed by atoms with Crippen LogP contribution >= 0.6 is 12.4 Å². The Morgan fingerprint density at radius 3 is 2.57 bits per heavy atom. The molecule has 0 bridgehead atoms. The molecule has 4 rings (SSSR count). The molecule has 0 saturated heterocycles. The Kier molecular flexibility index (Phi) is 10.7. The van der Waals surface area contributed by atoms with Crippen LogP contribution in [-0.4, -0.2) is 64.6 Å². The van der Waals surface area contributed by atoms with Crippen LogP contribution in [0.4, 0.5) is 0 Å². The van der Waals surface area contributed by atoms with Crippen LogP contribution < -0.4 is 39.0 Å². The van der Waals surface area contributed by atoms with Gasteiger partial charge in [-0.05, 0) is 55.6 Å². The van der Waals surface area contributed by atoms with Gasteiger partial charge in [0.05, 0.1) is 12.0 Å². The van der Waals surface area contributed by atoms with Crippen LogP contribution in [0.1, 0.15) is 22.9 Å². The molecule has 0 aliphatic carbocycles. The first-order valence-electron chi connectivity index (χ1n) is 10.6. The number of fused-ring (bicyclic) bond motifs is 1. The number of hydrogen-bond acceptors (Lipinski definition) is 10. The first kappa shape index (κ1) is 30.8. The van der Waals surface area contributed by atoms with Crippen LogP contribution in [0, 0.1) is 0 Å². The molecule has 1 aliphatic heterocycles. The third kappa shape index (κ3) is 8.01. The minimum atomic E-state index is -4.84. The third-order valence-electron chi connectivity index (χ3n) is 5.28. The number of likely N-dealkylation sites (N-methyl/N-ethyl adjacent to an activating group) is 1. The van der Waals surface area contributed by atoms with Gasteiger partial charge in [-0.15, -0.1) is 12.4 Å². The number of halogens is 1. The van der Waals surface area contributed by atoms with Crippen molar-refractivity contribution in [3.63, 3.8) is 0 Å². The summed E-state index contributed by atoms with van der Waals surface area (Å²) >= 11 is 0. The van der Waals surface area contributed by atoms with Gasteiger partial charge in [-0.2, -0.15) is 0 Å². The van der Waals surface area contributed by atoms with Gasteiger partial charge in [0.1, 0.15) is 12.3 Å². The van der Waals surface area contributed by atoms with E-state index in [0.717, 1.165) is 24.9 Å². The van der Waals surface area contributed by atoms with Crippen molar-refractivity contribution in [2.75, 3.05) is 20.6 Å². The number of aromatic hydroxyl groups is 2. The molecular formula is C23H25ClN3NaO8S. The Labute approximate surface area is 243 Å². The maximum atomic E-state index is 10.6. The maximum Gasteiger partial charge on any atom is 1.00 e. The molecule has 14 heteroatoms. The van der Waals surface area contributed by atoms with Gasteiger partial charge in [0.25, 0.3) is 16.7 Å². The summed E-state index contributed by atoms with van der Waals surface area (Å²) < 4.78 is 49.8. The molecule has 37 heavy (non-hydrogen) atoms. The Hall–Kier alpha value is -2.45. The van der Waals surface area contributed by atoms with Crippen molar-refractivity contribution in [3.8, 4) is 23.0 Å². The van der Waals surface area contributed by atoms with E-state index < -0.39 is 22.7 Å². The second-order valence-electron chi connectivity index (χ2n) is 8.18. The average molecular weight is 562 g/mol. The van der Waals surface area contributed by atoms with Crippen LogP contribution in [0.25, 0.3) is 6.08 Å². The summed E-state index contributed by atoms with van der Waals surface area (Å²) in [5.74, 6) is 0.310. The van der Waals surface area contributed by atoms with E-state index in [1.54, 1.807) is 30.6 Å². The van der Waals surface area contributed by atoms with Gasteiger partial charge in [0, 0.05) is 19.2 Å². The molecule has 2 unspecified atom stereocenters. The molecule has 0 spiro atoms. The van der Waals surface area contributed by atoms with Gasteiger partial charge in [-0.1, -0.05) is 12.1 Å². The Bertz CT molecular complexity index is 1350. The summed E-state index contributed by atoms with van der Waals surface area (Å²) in [5.41, 5.74) is 2.00. The van der Waals surface area contributed by atoms with Crippen molar-refractivity contribution in [2.45, 2.75) is 18.8 Å². The molecule has 2 N–H and O–H groups in total. The van der Waals surface area contributed by atoms with Crippen LogP contribution in [0.3, 0.4) is 0 Å². The molecule has 0 saturated carbocycles. The van der Waals surface area contributed by atoms with Crippen molar-refractivity contribution in [1.82, 2.24) is 14.5 Å². The van der Waals surface area contributed by atoms with Gasteiger partial charge in [-0.25, -0.2) is 13.4 Å². The van der Waals surface area contributed by atoms with E-state index in [4.69, 9.17) is 9.47 Å². The minimum Gasteiger partial charge on any atom is -0.716 e. The minimum absolute atomic E-state index is 0. The summed E-state index contributed by atoms with van der Waals surface area (Å²) in [6, 6.07) is 8.80. The second-order valence-corrected chi connectivity index (χ2v) is 9.18. The third-order valence-corrected chi connectivity index (χ3v) is 5.62. The Morgan fingerprint density at radius 2 is 1.89 bits per heavy atom. The van der Waals surface area contributed by atoms with Crippen molar-refractivity contribution in [1.29, 1.82) is 0 Å². The van der Waals surface area contributed by atoms with E-state index in [2.05, 4.69) is 14.1 Å². The van der Waals surface area contributed by atoms with Gasteiger partial charge in [0.2, 0.25) is 0 Å². The molecule has 2 atom stereocenters. The average Bonchev–Trinajstić information content (AvgIpc) is 3.41. The van der Waals surface area contributed by atoms with E-state index in [1.165, 1.54) is 18.2 Å². The van der Waals surface area contributed by atoms with Crippen LogP contribution in [-0.2, 0) is 21.0 Å². The van der Waals surface area contributed by atoms with E-state index in [1.807, 2.05) is 24.9 Å². The zero-order valence-corrected chi connectivity index (χ0v) is 24.0. The van der Waals surface area contributed by atoms with Gasteiger partial charge in [0.15, 0.2) is 23.0 Å². The number of ether oxygens (including phenoxy) is 2. The number of aromatic nitrogens is 2.